The Labute approximate surface area is 157 Å². The monoisotopic (exact) mass is 358 g/mol. The summed E-state index contributed by atoms with van der Waals surface area (Å²) in [6.07, 6.45) is 5.57. The number of aryl methyl sites for hydroxylation is 1. The molecule has 0 bridgehead atoms. The Morgan fingerprint density at radius 3 is 2.81 bits per heavy atom. The molecule has 0 aliphatic heterocycles. The van der Waals surface area contributed by atoms with Crippen LogP contribution in [0, 0.1) is 23.2 Å². The van der Waals surface area contributed by atoms with Crippen molar-refractivity contribution in [2.24, 2.45) is 0 Å². The SMILES string of the molecule is N#CCCCCn1cc(NC(=O)c2ccc(C#Cc3ccccc3)o2)cn1. The van der Waals surface area contributed by atoms with Crippen LogP contribution in [-0.4, -0.2) is 15.7 Å². The number of furan rings is 1. The Hall–Kier alpha value is -3.77. The van der Waals surface area contributed by atoms with Crippen LogP contribution in [0.4, 0.5) is 5.69 Å². The second kappa shape index (κ2) is 9.07. The van der Waals surface area contributed by atoms with Gasteiger partial charge in [-0.05, 0) is 43.0 Å². The van der Waals surface area contributed by atoms with E-state index in [-0.39, 0.29) is 11.7 Å². The van der Waals surface area contributed by atoms with Gasteiger partial charge in [0, 0.05) is 24.7 Å². The Kier molecular flexibility index (Phi) is 6.06. The van der Waals surface area contributed by atoms with Crippen LogP contribution in [0.2, 0.25) is 0 Å². The second-order valence-electron chi connectivity index (χ2n) is 5.84. The van der Waals surface area contributed by atoms with Crippen molar-refractivity contribution in [1.82, 2.24) is 9.78 Å². The van der Waals surface area contributed by atoms with Crippen molar-refractivity contribution in [1.29, 1.82) is 5.26 Å². The van der Waals surface area contributed by atoms with Gasteiger partial charge in [0.1, 0.15) is 0 Å². The second-order valence-corrected chi connectivity index (χ2v) is 5.84. The molecule has 1 amide bonds. The minimum atomic E-state index is -0.355. The normalized spacial score (nSPS) is 9.89. The van der Waals surface area contributed by atoms with Crippen molar-refractivity contribution in [3.8, 4) is 17.9 Å². The number of benzene rings is 1. The number of hydrogen-bond donors (Lipinski definition) is 1. The summed E-state index contributed by atoms with van der Waals surface area (Å²) in [5, 5.41) is 15.5. The maximum atomic E-state index is 12.3. The number of rotatable bonds is 6. The van der Waals surface area contributed by atoms with Crippen LogP contribution >= 0.6 is 0 Å². The van der Waals surface area contributed by atoms with Crippen molar-refractivity contribution in [2.75, 3.05) is 5.32 Å². The van der Waals surface area contributed by atoms with Gasteiger partial charge in [-0.2, -0.15) is 10.4 Å². The molecule has 0 spiro atoms. The van der Waals surface area contributed by atoms with Crippen molar-refractivity contribution >= 4 is 11.6 Å². The van der Waals surface area contributed by atoms with Crippen LogP contribution < -0.4 is 5.32 Å². The Bertz CT molecular complexity index is 1000. The van der Waals surface area contributed by atoms with Gasteiger partial charge in [0.15, 0.2) is 11.5 Å². The molecule has 0 atom stereocenters. The van der Waals surface area contributed by atoms with E-state index in [0.717, 1.165) is 18.4 Å². The minimum absolute atomic E-state index is 0.189. The van der Waals surface area contributed by atoms with Crippen LogP contribution in [-0.2, 0) is 6.54 Å². The van der Waals surface area contributed by atoms with E-state index in [2.05, 4.69) is 28.3 Å². The number of nitrogens with zero attached hydrogens (tertiary/aromatic N) is 3. The van der Waals surface area contributed by atoms with Gasteiger partial charge >= 0.3 is 0 Å². The van der Waals surface area contributed by atoms with E-state index in [1.54, 1.807) is 29.2 Å². The maximum Gasteiger partial charge on any atom is 0.291 e. The Morgan fingerprint density at radius 1 is 1.15 bits per heavy atom. The van der Waals surface area contributed by atoms with E-state index in [1.165, 1.54) is 0 Å². The summed E-state index contributed by atoms with van der Waals surface area (Å²) in [4.78, 5) is 12.3. The zero-order valence-corrected chi connectivity index (χ0v) is 14.7. The number of carbonyl (C=O) groups is 1. The molecule has 6 nitrogen and oxygen atoms in total. The summed E-state index contributed by atoms with van der Waals surface area (Å²) in [5.41, 5.74) is 1.47. The van der Waals surface area contributed by atoms with E-state index in [1.807, 2.05) is 30.3 Å². The van der Waals surface area contributed by atoms with Crippen LogP contribution in [0.1, 0.15) is 41.1 Å². The highest BCUT2D eigenvalue weighted by atomic mass is 16.3. The van der Waals surface area contributed by atoms with E-state index >= 15 is 0 Å². The molecule has 0 radical (unpaired) electrons. The molecule has 1 aromatic carbocycles. The first-order valence-corrected chi connectivity index (χ1v) is 8.62. The highest BCUT2D eigenvalue weighted by Crippen LogP contribution is 2.12. The number of amides is 1. The maximum absolute atomic E-state index is 12.3. The number of nitriles is 1. The highest BCUT2D eigenvalue weighted by Gasteiger charge is 2.12. The predicted octanol–water partition coefficient (Wildman–Crippen LogP) is 3.82. The smallest absolute Gasteiger partial charge is 0.291 e. The molecule has 2 aromatic heterocycles. The molecule has 2 heterocycles. The number of carbonyl (C=O) groups excluding carboxylic acids is 1. The summed E-state index contributed by atoms with van der Waals surface area (Å²) in [5.74, 6) is 6.15. The third kappa shape index (κ3) is 5.35. The Balaban J connectivity index is 1.56. The predicted molar refractivity (Wildman–Crippen MR) is 101 cm³/mol. The number of nitrogens with one attached hydrogen (secondary N) is 1. The number of hydrogen-bond acceptors (Lipinski definition) is 4. The van der Waals surface area contributed by atoms with E-state index < -0.39 is 0 Å². The Morgan fingerprint density at radius 2 is 2.00 bits per heavy atom. The van der Waals surface area contributed by atoms with Crippen molar-refractivity contribution in [3.05, 3.63) is 71.9 Å². The van der Waals surface area contributed by atoms with Crippen molar-refractivity contribution in [3.63, 3.8) is 0 Å². The molecular formula is C21H18N4O2. The lowest BCUT2D eigenvalue weighted by Gasteiger charge is -2.00. The van der Waals surface area contributed by atoms with E-state index in [0.29, 0.717) is 24.4 Å². The molecule has 0 unspecified atom stereocenters. The fourth-order valence-corrected chi connectivity index (χ4v) is 2.40. The zero-order chi connectivity index (χ0) is 18.9. The number of anilines is 1. The number of unbranched alkanes of at least 4 members (excludes halogenated alkanes) is 2. The average Bonchev–Trinajstić information content (AvgIpc) is 3.34. The van der Waals surface area contributed by atoms with Gasteiger partial charge in [0.2, 0.25) is 0 Å². The van der Waals surface area contributed by atoms with Gasteiger partial charge in [-0.25, -0.2) is 0 Å². The zero-order valence-electron chi connectivity index (χ0n) is 14.7. The molecule has 3 aromatic rings. The van der Waals surface area contributed by atoms with Gasteiger partial charge < -0.3 is 9.73 Å². The quantitative estimate of drug-likeness (QED) is 0.536. The molecule has 3 rings (SSSR count). The summed E-state index contributed by atoms with van der Waals surface area (Å²) < 4.78 is 7.24. The molecule has 0 saturated heterocycles. The average molecular weight is 358 g/mol. The van der Waals surface area contributed by atoms with Crippen molar-refractivity contribution in [2.45, 2.75) is 25.8 Å². The highest BCUT2D eigenvalue weighted by molar-refractivity contribution is 6.02. The first kappa shape index (κ1) is 18.0. The topological polar surface area (TPSA) is 83.9 Å². The standard InChI is InChI=1S/C21H18N4O2/c22-13-5-2-6-14-25-16-18(15-23-25)24-21(26)20-12-11-19(27-20)10-9-17-7-3-1-4-8-17/h1,3-4,7-8,11-12,15-16H,2,5-6,14H2,(H,24,26). The summed E-state index contributed by atoms with van der Waals surface area (Å²) in [6, 6.07) is 14.9. The minimum Gasteiger partial charge on any atom is -0.443 e. The molecule has 0 aliphatic rings. The van der Waals surface area contributed by atoms with Gasteiger partial charge in [0.05, 0.1) is 18.0 Å². The van der Waals surface area contributed by atoms with Crippen LogP contribution in [0.5, 0.6) is 0 Å². The molecule has 0 fully saturated rings. The summed E-state index contributed by atoms with van der Waals surface area (Å²) in [6.45, 7) is 0.706. The third-order valence-electron chi connectivity index (χ3n) is 3.75. The fraction of sp³-hybridized carbons (Fsp3) is 0.190. The summed E-state index contributed by atoms with van der Waals surface area (Å²) in [7, 11) is 0. The molecule has 1 N–H and O–H groups in total. The molecule has 0 aliphatic carbocycles. The van der Waals surface area contributed by atoms with Crippen LogP contribution in [0.3, 0.4) is 0 Å². The van der Waals surface area contributed by atoms with E-state index in [4.69, 9.17) is 9.68 Å². The first-order chi connectivity index (χ1) is 13.2. The molecule has 27 heavy (non-hydrogen) atoms. The van der Waals surface area contributed by atoms with Gasteiger partial charge in [-0.3, -0.25) is 9.48 Å². The lowest BCUT2D eigenvalue weighted by molar-refractivity contribution is 0.0996. The molecule has 134 valence electrons. The van der Waals surface area contributed by atoms with Crippen LogP contribution in [0.15, 0.2) is 59.3 Å². The summed E-state index contributed by atoms with van der Waals surface area (Å²) >= 11 is 0. The van der Waals surface area contributed by atoms with Crippen molar-refractivity contribution < 1.29 is 9.21 Å². The van der Waals surface area contributed by atoms with Crippen LogP contribution in [0.25, 0.3) is 0 Å². The lowest BCUT2D eigenvalue weighted by atomic mass is 10.2. The molecule has 0 saturated carbocycles. The first-order valence-electron chi connectivity index (χ1n) is 8.62. The largest absolute Gasteiger partial charge is 0.443 e. The van der Waals surface area contributed by atoms with E-state index in [9.17, 15) is 4.79 Å². The van der Waals surface area contributed by atoms with Gasteiger partial charge in [-0.1, -0.05) is 24.1 Å². The third-order valence-corrected chi connectivity index (χ3v) is 3.75. The molecule has 6 heteroatoms. The van der Waals surface area contributed by atoms with Gasteiger partial charge in [-0.15, -0.1) is 0 Å². The number of aromatic nitrogens is 2. The fourth-order valence-electron chi connectivity index (χ4n) is 2.40. The molecular weight excluding hydrogens is 340 g/mol. The lowest BCUT2D eigenvalue weighted by Crippen LogP contribution is -2.10. The van der Waals surface area contributed by atoms with Gasteiger partial charge in [0.25, 0.3) is 5.91 Å².